The van der Waals surface area contributed by atoms with Crippen molar-refractivity contribution < 1.29 is 0 Å². The molecule has 0 aliphatic heterocycles. The third-order valence-electron chi connectivity index (χ3n) is 3.24. The molecule has 1 saturated carbocycles. The molecule has 7 heteroatoms. The van der Waals surface area contributed by atoms with Gasteiger partial charge in [-0.05, 0) is 36.6 Å². The molecule has 1 aliphatic rings. The highest BCUT2D eigenvalue weighted by molar-refractivity contribution is 7.99. The summed E-state index contributed by atoms with van der Waals surface area (Å²) in [6.07, 6.45) is 5.45. The van der Waals surface area contributed by atoms with Gasteiger partial charge >= 0.3 is 0 Å². The Labute approximate surface area is 111 Å². The Morgan fingerprint density at radius 1 is 1.56 bits per heavy atom. The molecule has 0 radical (unpaired) electrons. The van der Waals surface area contributed by atoms with Gasteiger partial charge in [0.2, 0.25) is 5.16 Å². The Bertz CT molecular complexity index is 429. The Morgan fingerprint density at radius 3 is 2.94 bits per heavy atom. The van der Waals surface area contributed by atoms with Gasteiger partial charge < -0.3 is 5.73 Å². The molecule has 0 bridgehead atoms. The molecule has 6 nitrogen and oxygen atoms in total. The zero-order valence-corrected chi connectivity index (χ0v) is 11.4. The van der Waals surface area contributed by atoms with Gasteiger partial charge in [0.25, 0.3) is 0 Å². The zero-order chi connectivity index (χ0) is 13.0. The van der Waals surface area contributed by atoms with Gasteiger partial charge in [-0.15, -0.1) is 5.10 Å². The number of hydrogen-bond donors (Lipinski definition) is 1. The minimum atomic E-state index is -0.765. The summed E-state index contributed by atoms with van der Waals surface area (Å²) in [7, 11) is 0. The fourth-order valence-electron chi connectivity index (χ4n) is 2.07. The summed E-state index contributed by atoms with van der Waals surface area (Å²) in [4.78, 5) is 0. The molecular weight excluding hydrogens is 248 g/mol. The van der Waals surface area contributed by atoms with Crippen LogP contribution in [0.4, 0.5) is 0 Å². The topological polar surface area (TPSA) is 93.4 Å². The van der Waals surface area contributed by atoms with Crippen LogP contribution in [0.15, 0.2) is 5.16 Å². The third kappa shape index (κ3) is 3.21. The third-order valence-corrected chi connectivity index (χ3v) is 4.18. The van der Waals surface area contributed by atoms with Crippen molar-refractivity contribution >= 4 is 11.8 Å². The molecule has 1 unspecified atom stereocenters. The van der Waals surface area contributed by atoms with Crippen LogP contribution in [0.25, 0.3) is 0 Å². The molecule has 18 heavy (non-hydrogen) atoms. The minimum Gasteiger partial charge on any atom is -0.314 e. The van der Waals surface area contributed by atoms with Gasteiger partial charge in [0.15, 0.2) is 0 Å². The molecule has 2 rings (SSSR count). The first-order valence-corrected chi connectivity index (χ1v) is 7.22. The molecule has 1 heterocycles. The molecule has 0 spiro atoms. The lowest BCUT2D eigenvalue weighted by atomic mass is 10.0. The molecule has 1 aromatic heterocycles. The molecule has 0 saturated heterocycles. The Kier molecular flexibility index (Phi) is 4.19. The lowest BCUT2D eigenvalue weighted by molar-refractivity contribution is 0.423. The number of tetrazole rings is 1. The first kappa shape index (κ1) is 13.3. The average Bonchev–Trinajstić information content (AvgIpc) is 2.98. The quantitative estimate of drug-likeness (QED) is 0.812. The van der Waals surface area contributed by atoms with E-state index in [1.165, 1.54) is 12.8 Å². The Balaban J connectivity index is 1.90. The van der Waals surface area contributed by atoms with Crippen LogP contribution >= 0.6 is 11.8 Å². The van der Waals surface area contributed by atoms with Crippen LogP contribution in [0.5, 0.6) is 0 Å². The second kappa shape index (κ2) is 5.67. The predicted molar refractivity (Wildman–Crippen MR) is 68.9 cm³/mol. The highest BCUT2D eigenvalue weighted by Gasteiger charge is 2.22. The van der Waals surface area contributed by atoms with E-state index in [9.17, 15) is 0 Å². The summed E-state index contributed by atoms with van der Waals surface area (Å²) in [6.45, 7) is 1.74. The van der Waals surface area contributed by atoms with Crippen molar-refractivity contribution in [2.75, 3.05) is 5.75 Å². The van der Waals surface area contributed by atoms with Crippen molar-refractivity contribution in [1.82, 2.24) is 20.2 Å². The second-order valence-electron chi connectivity index (χ2n) is 4.97. The summed E-state index contributed by atoms with van der Waals surface area (Å²) in [6, 6.07) is 2.54. The average molecular weight is 266 g/mol. The molecule has 0 amide bonds. The largest absolute Gasteiger partial charge is 0.314 e. The van der Waals surface area contributed by atoms with Crippen molar-refractivity contribution in [2.45, 2.75) is 55.8 Å². The van der Waals surface area contributed by atoms with E-state index in [0.29, 0.717) is 12.5 Å². The number of nitrogens with two attached hydrogens (primary N) is 1. The number of nitriles is 1. The van der Waals surface area contributed by atoms with E-state index in [0.717, 1.165) is 23.8 Å². The van der Waals surface area contributed by atoms with Gasteiger partial charge in [-0.3, -0.25) is 0 Å². The molecule has 1 fully saturated rings. The standard InChI is InChI=1S/C11H18N6S/c1-11(13,8-12)6-7-18-10-14-15-16-17(10)9-4-2-3-5-9/h9H,2-7,13H2,1H3. The highest BCUT2D eigenvalue weighted by Crippen LogP contribution is 2.31. The predicted octanol–water partition coefficient (Wildman–Crippen LogP) is 1.51. The zero-order valence-electron chi connectivity index (χ0n) is 10.5. The number of aromatic nitrogens is 4. The Hall–Kier alpha value is -1.13. The van der Waals surface area contributed by atoms with Crippen LogP contribution in [0.3, 0.4) is 0 Å². The maximum Gasteiger partial charge on any atom is 0.209 e. The number of nitrogens with zero attached hydrogens (tertiary/aromatic N) is 5. The summed E-state index contributed by atoms with van der Waals surface area (Å²) < 4.78 is 1.93. The SMILES string of the molecule is CC(N)(C#N)CCSc1nnnn1C1CCCC1. The molecule has 1 atom stereocenters. The van der Waals surface area contributed by atoms with Crippen molar-refractivity contribution in [1.29, 1.82) is 5.26 Å². The van der Waals surface area contributed by atoms with E-state index in [2.05, 4.69) is 21.6 Å². The van der Waals surface area contributed by atoms with Gasteiger partial charge in [0.1, 0.15) is 5.54 Å². The molecule has 1 aliphatic carbocycles. The van der Waals surface area contributed by atoms with E-state index in [4.69, 9.17) is 11.0 Å². The summed E-state index contributed by atoms with van der Waals surface area (Å²) >= 11 is 1.58. The van der Waals surface area contributed by atoms with Crippen molar-refractivity contribution in [3.63, 3.8) is 0 Å². The van der Waals surface area contributed by atoms with Gasteiger partial charge in [-0.1, -0.05) is 24.6 Å². The van der Waals surface area contributed by atoms with Crippen LogP contribution in [0.2, 0.25) is 0 Å². The highest BCUT2D eigenvalue weighted by atomic mass is 32.2. The van der Waals surface area contributed by atoms with Crippen molar-refractivity contribution in [2.24, 2.45) is 5.73 Å². The van der Waals surface area contributed by atoms with E-state index < -0.39 is 5.54 Å². The first-order chi connectivity index (χ1) is 8.62. The molecular formula is C11H18N6S. The lowest BCUT2D eigenvalue weighted by Gasteiger charge is -2.15. The summed E-state index contributed by atoms with van der Waals surface area (Å²) in [5.41, 5.74) is 5.02. The van der Waals surface area contributed by atoms with Crippen LogP contribution in [-0.2, 0) is 0 Å². The summed E-state index contributed by atoms with van der Waals surface area (Å²) in [5, 5.41) is 21.6. The van der Waals surface area contributed by atoms with Crippen LogP contribution in [-0.4, -0.2) is 31.5 Å². The van der Waals surface area contributed by atoms with Gasteiger partial charge in [-0.25, -0.2) is 4.68 Å². The van der Waals surface area contributed by atoms with E-state index in [1.54, 1.807) is 18.7 Å². The maximum atomic E-state index is 8.85. The second-order valence-corrected chi connectivity index (χ2v) is 6.03. The first-order valence-electron chi connectivity index (χ1n) is 6.23. The lowest BCUT2D eigenvalue weighted by Crippen LogP contribution is -2.34. The molecule has 0 aromatic carbocycles. The summed E-state index contributed by atoms with van der Waals surface area (Å²) in [5.74, 6) is 0.758. The van der Waals surface area contributed by atoms with Crippen LogP contribution in [0.1, 0.15) is 45.1 Å². The normalized spacial score (nSPS) is 19.6. The van der Waals surface area contributed by atoms with Gasteiger partial charge in [-0.2, -0.15) is 5.26 Å². The fourth-order valence-corrected chi connectivity index (χ4v) is 3.19. The van der Waals surface area contributed by atoms with Gasteiger partial charge in [0.05, 0.1) is 12.1 Å². The number of thioether (sulfide) groups is 1. The fraction of sp³-hybridized carbons (Fsp3) is 0.818. The smallest absolute Gasteiger partial charge is 0.209 e. The minimum absolute atomic E-state index is 0.447. The molecule has 98 valence electrons. The van der Waals surface area contributed by atoms with E-state index in [1.807, 2.05) is 4.68 Å². The van der Waals surface area contributed by atoms with Crippen LogP contribution in [0, 0.1) is 11.3 Å². The van der Waals surface area contributed by atoms with Crippen molar-refractivity contribution in [3.8, 4) is 6.07 Å². The van der Waals surface area contributed by atoms with E-state index in [-0.39, 0.29) is 0 Å². The maximum absolute atomic E-state index is 8.85. The van der Waals surface area contributed by atoms with Gasteiger partial charge in [0, 0.05) is 5.75 Å². The number of hydrogen-bond acceptors (Lipinski definition) is 6. The molecule has 2 N–H and O–H groups in total. The van der Waals surface area contributed by atoms with Crippen LogP contribution < -0.4 is 5.73 Å². The Morgan fingerprint density at radius 2 is 2.28 bits per heavy atom. The monoisotopic (exact) mass is 266 g/mol. The number of rotatable bonds is 5. The van der Waals surface area contributed by atoms with Crippen molar-refractivity contribution in [3.05, 3.63) is 0 Å². The van der Waals surface area contributed by atoms with E-state index >= 15 is 0 Å². The molecule has 1 aromatic rings.